The molecule has 516 valence electrons. The van der Waals surface area contributed by atoms with Gasteiger partial charge in [0.15, 0.2) is 0 Å². The highest BCUT2D eigenvalue weighted by Gasteiger charge is 2.52. The molecule has 3 fully saturated rings. The molecule has 0 spiro atoms. The summed E-state index contributed by atoms with van der Waals surface area (Å²) in [7, 11) is -0.314. The number of carbonyl (C=O) groups excluding carboxylic acids is 3. The van der Waals surface area contributed by atoms with E-state index in [0.29, 0.717) is 44.9 Å². The van der Waals surface area contributed by atoms with Gasteiger partial charge in [0.2, 0.25) is 0 Å². The van der Waals surface area contributed by atoms with Gasteiger partial charge in [-0.2, -0.15) is 0 Å². The molecular weight excluding hydrogens is 1280 g/mol. The Bertz CT molecular complexity index is 3980. The van der Waals surface area contributed by atoms with Gasteiger partial charge in [-0.05, 0) is 236 Å². The molecule has 0 radical (unpaired) electrons. The molecule has 3 amide bonds. The molecule has 0 bridgehead atoms. The number of pyridine rings is 4. The Balaban J connectivity index is 0.000000157. The Hall–Kier alpha value is -7.77. The van der Waals surface area contributed by atoms with Crippen LogP contribution in [0.25, 0.3) is 49.2 Å². The molecule has 0 unspecified atom stereocenters. The van der Waals surface area contributed by atoms with Crippen molar-refractivity contribution in [3.05, 3.63) is 185 Å². The highest BCUT2D eigenvalue weighted by atomic mass is 79.9. The van der Waals surface area contributed by atoms with Crippen LogP contribution in [0.15, 0.2) is 168 Å². The predicted molar refractivity (Wildman–Crippen MR) is 398 cm³/mol. The maximum atomic E-state index is 12.2. The number of halogens is 1. The number of amides is 3. The standard InChI is InChI=1S/C19H24N2O2.C19H22N2O2.C16H28BNO4.C14H16N2.C9H6BrN.C2H6/c2*1-19(2,3)23-18(22)21-12-9-14(10-13-21)15-6-4-8-17-16(15)7-5-11-20-17;1-14(2,3)20-13(19)18-10-8-12(9-11-18)17-21-15(4,5)16(6,7)22-17;1-3-12(11-6-9-15-10-7-11)13-4-2-8-16-14(13)5-1;10-8-4-1-5-9-7(8)3-2-6-11-9;1-2/h4-8,11,14H,9-10,12-13H2,1-3H3;4-9,11H,10,12-13H2,1-3H3;8H,9-11H2,1-7H3;1-5,8,11,15H,6-7,9-10H2;1-6H;1-2H3/i;;;;;1D. The average Bonchev–Trinajstić information content (AvgIpc) is 1.55. The van der Waals surface area contributed by atoms with Gasteiger partial charge in [0.1, 0.15) is 16.8 Å². The smallest absolute Gasteiger partial charge is 0.444 e. The molecule has 9 heterocycles. The van der Waals surface area contributed by atoms with E-state index in [4.69, 9.17) is 24.9 Å². The third kappa shape index (κ3) is 21.1. The lowest BCUT2D eigenvalue weighted by Gasteiger charge is -2.34. The molecule has 18 heteroatoms. The van der Waals surface area contributed by atoms with E-state index in [-0.39, 0.29) is 36.6 Å². The van der Waals surface area contributed by atoms with E-state index in [1.165, 1.54) is 45.9 Å². The molecule has 1 N–H and O–H groups in total. The zero-order chi connectivity index (χ0) is 70.8. The van der Waals surface area contributed by atoms with Crippen LogP contribution in [-0.4, -0.2) is 140 Å². The molecule has 3 saturated heterocycles. The molecule has 16 nitrogen and oxygen atoms in total. The first-order valence-electron chi connectivity index (χ1n) is 34.9. The SMILES string of the molecule is Brc1cccc2ncccc12.CC(C)(C)OC(=O)N1CC=C(B2OC(C)(C)C(C)(C)O2)CC1.CC(C)(C)OC(=O)N1CC=C(c2cccc3ncccc23)CC1.CC(C)(C)OC(=O)N1CCC(c2cccc3ncccc23)CC1.[2H]CC.c1cc(C2CCNCC2)c2cccnc2c1. The van der Waals surface area contributed by atoms with Crippen LogP contribution in [0, 0.1) is 0 Å². The maximum absolute atomic E-state index is 12.2. The summed E-state index contributed by atoms with van der Waals surface area (Å²) in [5.41, 5.74) is 8.58. The number of benzene rings is 4. The van der Waals surface area contributed by atoms with Crippen LogP contribution in [0.5, 0.6) is 0 Å². The molecule has 0 aliphatic carbocycles. The first-order valence-corrected chi connectivity index (χ1v) is 35.0. The lowest BCUT2D eigenvalue weighted by atomic mass is 9.75. The average molecular weight is 1380 g/mol. The van der Waals surface area contributed by atoms with E-state index in [1.54, 1.807) is 22.9 Å². The van der Waals surface area contributed by atoms with Crippen LogP contribution in [-0.2, 0) is 23.5 Å². The van der Waals surface area contributed by atoms with Crippen LogP contribution in [0.3, 0.4) is 0 Å². The summed E-state index contributed by atoms with van der Waals surface area (Å²) in [4.78, 5) is 59.1. The summed E-state index contributed by atoms with van der Waals surface area (Å²) in [6.07, 6.45) is 16.7. The monoisotopic (exact) mass is 1380 g/mol. The van der Waals surface area contributed by atoms with E-state index in [2.05, 4.69) is 108 Å². The number of nitrogens with one attached hydrogen (secondary N) is 1. The van der Waals surface area contributed by atoms with Crippen LogP contribution in [0.2, 0.25) is 0 Å². The quantitative estimate of drug-likeness (QED) is 0.131. The second kappa shape index (κ2) is 33.7. The zero-order valence-corrected chi connectivity index (χ0v) is 61.2. The van der Waals surface area contributed by atoms with Crippen molar-refractivity contribution in [3.63, 3.8) is 0 Å². The summed E-state index contributed by atoms with van der Waals surface area (Å²) < 4.78 is 35.7. The normalized spacial score (nSPS) is 17.4. The molecular formula is C79H102BBrN8O8. The van der Waals surface area contributed by atoms with Gasteiger partial charge in [-0.15, -0.1) is 0 Å². The molecule has 4 aromatic heterocycles. The van der Waals surface area contributed by atoms with Crippen molar-refractivity contribution in [2.45, 2.75) is 182 Å². The van der Waals surface area contributed by atoms with Gasteiger partial charge in [-0.1, -0.05) is 109 Å². The number of fused-ring (bicyclic) bond motifs is 4. The third-order valence-electron chi connectivity index (χ3n) is 17.6. The highest BCUT2D eigenvalue weighted by Crippen LogP contribution is 2.40. The third-order valence-corrected chi connectivity index (χ3v) is 18.3. The first-order chi connectivity index (χ1) is 46.5. The van der Waals surface area contributed by atoms with E-state index in [1.807, 2.05) is 180 Å². The number of aromatic nitrogens is 4. The summed E-state index contributed by atoms with van der Waals surface area (Å²) in [6, 6.07) is 41.4. The Morgan fingerprint density at radius 1 is 0.515 bits per heavy atom. The van der Waals surface area contributed by atoms with Crippen molar-refractivity contribution < 1.29 is 39.3 Å². The molecule has 97 heavy (non-hydrogen) atoms. The fourth-order valence-corrected chi connectivity index (χ4v) is 12.5. The maximum Gasteiger partial charge on any atom is 0.490 e. The molecule has 4 aromatic carbocycles. The van der Waals surface area contributed by atoms with E-state index >= 15 is 0 Å². The predicted octanol–water partition coefficient (Wildman–Crippen LogP) is 18.5. The molecule has 0 atom stereocenters. The number of nitrogens with zero attached hydrogens (tertiary/aromatic N) is 7. The lowest BCUT2D eigenvalue weighted by Crippen LogP contribution is -2.41. The van der Waals surface area contributed by atoms with Gasteiger partial charge in [-0.25, -0.2) is 14.4 Å². The van der Waals surface area contributed by atoms with Gasteiger partial charge in [-0.3, -0.25) is 19.9 Å². The zero-order valence-electron chi connectivity index (χ0n) is 60.6. The van der Waals surface area contributed by atoms with Crippen molar-refractivity contribution in [1.82, 2.24) is 40.0 Å². The van der Waals surface area contributed by atoms with Gasteiger partial charge in [0, 0.05) is 91.4 Å². The van der Waals surface area contributed by atoms with Crippen LogP contribution in [0.1, 0.15) is 172 Å². The molecule has 13 rings (SSSR count). The van der Waals surface area contributed by atoms with E-state index < -0.39 is 16.8 Å². The van der Waals surface area contributed by atoms with E-state index in [0.717, 1.165) is 94.6 Å². The largest absolute Gasteiger partial charge is 0.490 e. The minimum Gasteiger partial charge on any atom is -0.444 e. The Labute approximate surface area is 586 Å². The summed E-state index contributed by atoms with van der Waals surface area (Å²) in [5.74, 6) is 1.18. The van der Waals surface area contributed by atoms with Crippen molar-refractivity contribution in [2.75, 3.05) is 52.4 Å². The van der Waals surface area contributed by atoms with E-state index in [9.17, 15) is 14.4 Å². The number of likely N-dealkylation sites (tertiary alicyclic amines) is 1. The van der Waals surface area contributed by atoms with Crippen molar-refractivity contribution in [2.24, 2.45) is 0 Å². The van der Waals surface area contributed by atoms with Crippen molar-refractivity contribution in [1.29, 1.82) is 0 Å². The summed E-state index contributed by atoms with van der Waals surface area (Å²) in [5, 5.41) is 8.30. The fraction of sp³-hybridized carbons (Fsp3) is 0.456. The summed E-state index contributed by atoms with van der Waals surface area (Å²) in [6.45, 7) is 33.7. The number of hydrogen-bond acceptors (Lipinski definition) is 13. The second-order valence-electron chi connectivity index (χ2n) is 28.7. The first kappa shape index (κ1) is 73.5. The topological polar surface area (TPSA) is 171 Å². The molecule has 5 aliphatic rings. The van der Waals surface area contributed by atoms with Gasteiger partial charge in [0.25, 0.3) is 0 Å². The number of carbonyl (C=O) groups is 3. The Kier molecular flexibility index (Phi) is 25.5. The minimum atomic E-state index is -0.465. The summed E-state index contributed by atoms with van der Waals surface area (Å²) >= 11 is 3.46. The van der Waals surface area contributed by atoms with Crippen LogP contribution < -0.4 is 5.32 Å². The minimum absolute atomic E-state index is 0.199. The Morgan fingerprint density at radius 2 is 0.907 bits per heavy atom. The highest BCUT2D eigenvalue weighted by molar-refractivity contribution is 9.10. The molecule has 0 saturated carbocycles. The number of piperidine rings is 2. The number of ether oxygens (including phenoxy) is 3. The van der Waals surface area contributed by atoms with Crippen LogP contribution >= 0.6 is 15.9 Å². The Morgan fingerprint density at radius 3 is 1.34 bits per heavy atom. The fourth-order valence-electron chi connectivity index (χ4n) is 12.0. The van der Waals surface area contributed by atoms with Gasteiger partial charge in [0.05, 0.1) is 33.3 Å². The van der Waals surface area contributed by atoms with Gasteiger partial charge >= 0.3 is 25.4 Å². The van der Waals surface area contributed by atoms with Crippen LogP contribution in [0.4, 0.5) is 14.4 Å². The number of hydrogen-bond donors (Lipinski definition) is 1. The molecule has 5 aliphatic heterocycles. The lowest BCUT2D eigenvalue weighted by molar-refractivity contribution is 0.00578. The van der Waals surface area contributed by atoms with Crippen molar-refractivity contribution >= 4 is 90.5 Å². The number of rotatable bonds is 4. The second-order valence-corrected chi connectivity index (χ2v) is 29.6. The molecule has 8 aromatic rings. The van der Waals surface area contributed by atoms with Crippen molar-refractivity contribution in [3.8, 4) is 0 Å². The van der Waals surface area contributed by atoms with Gasteiger partial charge < -0.3 is 43.5 Å².